The van der Waals surface area contributed by atoms with Crippen molar-refractivity contribution in [3.63, 3.8) is 0 Å². The molecule has 2 aromatic carbocycles. The predicted octanol–water partition coefficient (Wildman–Crippen LogP) is 4.93. The summed E-state index contributed by atoms with van der Waals surface area (Å²) in [6.45, 7) is 1.87. The monoisotopic (exact) mass is 389 g/mol. The molecule has 0 aliphatic heterocycles. The van der Waals surface area contributed by atoms with Crippen LogP contribution in [-0.4, -0.2) is 22.5 Å². The van der Waals surface area contributed by atoms with Crippen molar-refractivity contribution in [2.24, 2.45) is 0 Å². The first-order valence-electron chi connectivity index (χ1n) is 8.11. The van der Waals surface area contributed by atoms with Crippen molar-refractivity contribution in [3.8, 4) is 5.69 Å². The Morgan fingerprint density at radius 3 is 2.48 bits per heavy atom. The van der Waals surface area contributed by atoms with Gasteiger partial charge in [-0.15, -0.1) is 11.3 Å². The molecule has 4 nitrogen and oxygen atoms in total. The number of alkyl halides is 3. The minimum absolute atomic E-state index is 0.200. The van der Waals surface area contributed by atoms with Crippen molar-refractivity contribution < 1.29 is 18.0 Å². The summed E-state index contributed by atoms with van der Waals surface area (Å²) >= 11 is 1.49. The number of rotatable bonds is 2. The molecule has 4 rings (SSSR count). The van der Waals surface area contributed by atoms with Gasteiger partial charge in [0.05, 0.1) is 20.8 Å². The Hall–Kier alpha value is -2.87. The summed E-state index contributed by atoms with van der Waals surface area (Å²) in [6.07, 6.45) is -4.38. The van der Waals surface area contributed by atoms with Gasteiger partial charge in [0, 0.05) is 23.7 Å². The van der Waals surface area contributed by atoms with E-state index in [9.17, 15) is 18.0 Å². The van der Waals surface area contributed by atoms with E-state index in [0.29, 0.717) is 16.9 Å². The van der Waals surface area contributed by atoms with E-state index in [4.69, 9.17) is 0 Å². The zero-order valence-corrected chi connectivity index (χ0v) is 15.2. The van der Waals surface area contributed by atoms with Crippen molar-refractivity contribution in [2.45, 2.75) is 13.1 Å². The highest BCUT2D eigenvalue weighted by atomic mass is 32.1. The molecule has 0 radical (unpaired) electrons. The van der Waals surface area contributed by atoms with E-state index in [0.717, 1.165) is 32.7 Å². The smallest absolute Gasteiger partial charge is 0.355 e. The van der Waals surface area contributed by atoms with Gasteiger partial charge < -0.3 is 5.32 Å². The van der Waals surface area contributed by atoms with Gasteiger partial charge in [-0.2, -0.15) is 13.2 Å². The molecule has 138 valence electrons. The van der Waals surface area contributed by atoms with E-state index in [-0.39, 0.29) is 5.91 Å². The van der Waals surface area contributed by atoms with Crippen molar-refractivity contribution in [2.75, 3.05) is 7.05 Å². The van der Waals surface area contributed by atoms with Crippen molar-refractivity contribution in [3.05, 3.63) is 58.6 Å². The molecular weight excluding hydrogens is 375 g/mol. The summed E-state index contributed by atoms with van der Waals surface area (Å²) in [5.74, 6) is -0.200. The van der Waals surface area contributed by atoms with Gasteiger partial charge in [0.2, 0.25) is 0 Å². The molecule has 0 saturated heterocycles. The number of halogens is 3. The Kier molecular flexibility index (Phi) is 3.96. The second kappa shape index (κ2) is 6.09. The molecule has 1 amide bonds. The highest BCUT2D eigenvalue weighted by Crippen LogP contribution is 2.37. The lowest BCUT2D eigenvalue weighted by Gasteiger charge is -2.10. The van der Waals surface area contributed by atoms with Crippen LogP contribution in [0.5, 0.6) is 0 Å². The number of fused-ring (bicyclic) bond motifs is 3. The molecule has 2 aromatic heterocycles. The first-order valence-corrected chi connectivity index (χ1v) is 8.92. The number of carbonyl (C=O) groups is 1. The largest absolute Gasteiger partial charge is 0.416 e. The Balaban J connectivity index is 1.97. The van der Waals surface area contributed by atoms with Crippen LogP contribution in [-0.2, 0) is 6.18 Å². The second-order valence-corrected chi connectivity index (χ2v) is 7.28. The lowest BCUT2D eigenvalue weighted by Crippen LogP contribution is -2.17. The van der Waals surface area contributed by atoms with Crippen molar-refractivity contribution in [1.29, 1.82) is 0 Å². The third-order valence-corrected chi connectivity index (χ3v) is 5.35. The first-order chi connectivity index (χ1) is 12.8. The summed E-state index contributed by atoms with van der Waals surface area (Å²) in [7, 11) is 1.56. The number of amides is 1. The van der Waals surface area contributed by atoms with E-state index in [1.165, 1.54) is 23.5 Å². The number of hydrogen-bond acceptors (Lipinski definition) is 3. The topological polar surface area (TPSA) is 46.9 Å². The molecule has 4 aromatic rings. The Labute approximate surface area is 156 Å². The molecule has 27 heavy (non-hydrogen) atoms. The van der Waals surface area contributed by atoms with Crippen LogP contribution in [0.1, 0.15) is 20.9 Å². The number of nitrogens with one attached hydrogen (secondary N) is 1. The van der Waals surface area contributed by atoms with Gasteiger partial charge in [-0.25, -0.2) is 4.98 Å². The Morgan fingerprint density at radius 1 is 1.15 bits per heavy atom. The number of carbonyl (C=O) groups excluding carboxylic acids is 1. The summed E-state index contributed by atoms with van der Waals surface area (Å²) in [4.78, 5) is 16.5. The maximum atomic E-state index is 12.9. The number of aromatic nitrogens is 2. The first kappa shape index (κ1) is 17.5. The zero-order valence-electron chi connectivity index (χ0n) is 14.4. The van der Waals surface area contributed by atoms with Crippen LogP contribution in [0, 0.1) is 6.92 Å². The minimum Gasteiger partial charge on any atom is -0.355 e. The Bertz CT molecular complexity index is 1170. The quantitative estimate of drug-likeness (QED) is 0.529. The van der Waals surface area contributed by atoms with E-state index in [1.807, 2.05) is 11.5 Å². The highest BCUT2D eigenvalue weighted by molar-refractivity contribution is 7.19. The van der Waals surface area contributed by atoms with Crippen LogP contribution < -0.4 is 5.32 Å². The van der Waals surface area contributed by atoms with E-state index in [2.05, 4.69) is 10.3 Å². The van der Waals surface area contributed by atoms with Crippen molar-refractivity contribution >= 4 is 38.5 Å². The number of nitrogens with zero attached hydrogens (tertiary/aromatic N) is 2. The number of thiazole rings is 1. The predicted molar refractivity (Wildman–Crippen MR) is 99.6 cm³/mol. The lowest BCUT2D eigenvalue weighted by molar-refractivity contribution is -0.137. The fraction of sp³-hybridized carbons (Fsp3) is 0.158. The minimum atomic E-state index is -4.38. The van der Waals surface area contributed by atoms with Crippen LogP contribution >= 0.6 is 11.3 Å². The fourth-order valence-corrected chi connectivity index (χ4v) is 4.05. The SMILES string of the molecule is CNC(=O)c1ccc2c(c1)c1sc(C)nc1n2-c1ccc(C(F)(F)F)cc1. The number of aryl methyl sites for hydroxylation is 1. The van der Waals surface area contributed by atoms with Crippen molar-refractivity contribution in [1.82, 2.24) is 14.9 Å². The molecule has 0 atom stereocenters. The van der Waals surface area contributed by atoms with E-state index < -0.39 is 11.7 Å². The van der Waals surface area contributed by atoms with Crippen LogP contribution in [0.3, 0.4) is 0 Å². The van der Waals surface area contributed by atoms with Gasteiger partial charge in [-0.3, -0.25) is 9.36 Å². The third kappa shape index (κ3) is 2.86. The van der Waals surface area contributed by atoms with Gasteiger partial charge in [0.15, 0.2) is 5.65 Å². The number of benzene rings is 2. The normalized spacial score (nSPS) is 12.0. The van der Waals surface area contributed by atoms with Gasteiger partial charge in [-0.05, 0) is 49.4 Å². The van der Waals surface area contributed by atoms with Gasteiger partial charge in [-0.1, -0.05) is 0 Å². The zero-order chi connectivity index (χ0) is 19.3. The summed E-state index contributed by atoms with van der Waals surface area (Å²) in [5, 5.41) is 4.28. The average Bonchev–Trinajstić information content (AvgIpc) is 3.14. The van der Waals surface area contributed by atoms with E-state index >= 15 is 0 Å². The van der Waals surface area contributed by atoms with Gasteiger partial charge >= 0.3 is 6.18 Å². The molecule has 8 heteroatoms. The second-order valence-electron chi connectivity index (χ2n) is 6.08. The molecule has 0 saturated carbocycles. The van der Waals surface area contributed by atoms with Gasteiger partial charge in [0.1, 0.15) is 0 Å². The Morgan fingerprint density at radius 2 is 1.85 bits per heavy atom. The molecule has 0 bridgehead atoms. The van der Waals surface area contributed by atoms with Gasteiger partial charge in [0.25, 0.3) is 5.91 Å². The van der Waals surface area contributed by atoms with Crippen LogP contribution in [0.15, 0.2) is 42.5 Å². The molecule has 0 aliphatic rings. The number of hydrogen-bond donors (Lipinski definition) is 1. The van der Waals surface area contributed by atoms with Crippen LogP contribution in [0.2, 0.25) is 0 Å². The fourth-order valence-electron chi connectivity index (χ4n) is 3.12. The maximum Gasteiger partial charge on any atom is 0.416 e. The molecular formula is C19H14F3N3OS. The molecule has 0 fully saturated rings. The molecule has 1 N–H and O–H groups in total. The third-order valence-electron chi connectivity index (χ3n) is 4.35. The van der Waals surface area contributed by atoms with Crippen LogP contribution in [0.4, 0.5) is 13.2 Å². The van der Waals surface area contributed by atoms with Crippen LogP contribution in [0.25, 0.3) is 26.9 Å². The molecule has 0 unspecified atom stereocenters. The molecule has 0 aliphatic carbocycles. The summed E-state index contributed by atoms with van der Waals surface area (Å²) in [6, 6.07) is 10.3. The molecule has 2 heterocycles. The van der Waals surface area contributed by atoms with E-state index in [1.54, 1.807) is 25.2 Å². The highest BCUT2D eigenvalue weighted by Gasteiger charge is 2.30. The average molecular weight is 389 g/mol. The summed E-state index contributed by atoms with van der Waals surface area (Å²) in [5.41, 5.74) is 1.86. The molecule has 0 spiro atoms. The lowest BCUT2D eigenvalue weighted by atomic mass is 10.1. The summed E-state index contributed by atoms with van der Waals surface area (Å²) < 4.78 is 41.3. The standard InChI is InChI=1S/C19H14F3N3OS/c1-10-24-17-16(27-10)14-9-11(18(26)23-2)3-8-15(14)25(17)13-6-4-12(5-7-13)19(20,21)22/h3-9H,1-2H3,(H,23,26). The maximum absolute atomic E-state index is 12.9.